The lowest BCUT2D eigenvalue weighted by molar-refractivity contribution is 0.0935. The zero-order chi connectivity index (χ0) is 26.9. The maximum Gasteiger partial charge on any atom is 0.241 e. The Kier molecular flexibility index (Phi) is 10.2. The van der Waals surface area contributed by atoms with Crippen LogP contribution in [0.2, 0.25) is 0 Å². The van der Waals surface area contributed by atoms with E-state index in [1.807, 2.05) is 0 Å². The molecule has 5 heteroatoms. The van der Waals surface area contributed by atoms with Gasteiger partial charge in [-0.2, -0.15) is 4.98 Å². The van der Waals surface area contributed by atoms with E-state index >= 15 is 0 Å². The summed E-state index contributed by atoms with van der Waals surface area (Å²) in [4.78, 5) is 15.3. The first kappa shape index (κ1) is 28.1. The largest absolute Gasteiger partial charge is 0.473 e. The topological polar surface area (TPSA) is 41.5 Å². The summed E-state index contributed by atoms with van der Waals surface area (Å²) >= 11 is 0. The van der Waals surface area contributed by atoms with Gasteiger partial charge >= 0.3 is 0 Å². The maximum absolute atomic E-state index is 6.83. The second kappa shape index (κ2) is 13.7. The summed E-state index contributed by atoms with van der Waals surface area (Å²) in [5.41, 5.74) is 7.26. The van der Waals surface area contributed by atoms with Crippen LogP contribution >= 0.6 is 0 Å². The average Bonchev–Trinajstić information content (AvgIpc) is 2.94. The summed E-state index contributed by atoms with van der Waals surface area (Å²) in [6.07, 6.45) is 6.27. The average molecular weight is 515 g/mol. The number of hydrogen-bond donors (Lipinski definition) is 0. The number of benzene rings is 2. The molecule has 1 saturated heterocycles. The molecule has 38 heavy (non-hydrogen) atoms. The minimum atomic E-state index is 0.167. The van der Waals surface area contributed by atoms with Crippen molar-refractivity contribution in [3.63, 3.8) is 0 Å². The van der Waals surface area contributed by atoms with E-state index < -0.39 is 0 Å². The van der Waals surface area contributed by atoms with Crippen LogP contribution in [0.25, 0.3) is 11.4 Å². The van der Waals surface area contributed by atoms with Crippen LogP contribution in [0.15, 0.2) is 48.5 Å². The van der Waals surface area contributed by atoms with E-state index in [1.165, 1.54) is 22.3 Å². The molecule has 204 valence electrons. The second-order valence-electron chi connectivity index (χ2n) is 10.5. The third kappa shape index (κ3) is 6.74. The molecule has 0 N–H and O–H groups in total. The van der Waals surface area contributed by atoms with Crippen molar-refractivity contribution in [3.05, 3.63) is 70.9 Å². The zero-order valence-corrected chi connectivity index (χ0v) is 24.2. The fourth-order valence-electron chi connectivity index (χ4n) is 5.69. The van der Waals surface area contributed by atoms with E-state index in [9.17, 15) is 0 Å². The zero-order valence-electron chi connectivity index (χ0n) is 24.2. The van der Waals surface area contributed by atoms with Gasteiger partial charge in [-0.15, -0.1) is 0 Å². The molecular formula is C33H46N4O. The van der Waals surface area contributed by atoms with Crippen molar-refractivity contribution in [1.82, 2.24) is 14.9 Å². The van der Waals surface area contributed by atoms with Gasteiger partial charge in [-0.3, -0.25) is 4.90 Å². The highest BCUT2D eigenvalue weighted by Gasteiger charge is 2.26. The summed E-state index contributed by atoms with van der Waals surface area (Å²) in [7, 11) is 0. The van der Waals surface area contributed by atoms with Crippen LogP contribution in [0.4, 0.5) is 5.69 Å². The Bertz CT molecular complexity index is 1130. The van der Waals surface area contributed by atoms with Gasteiger partial charge in [0.2, 0.25) is 5.88 Å². The highest BCUT2D eigenvalue weighted by Crippen LogP contribution is 2.36. The quantitative estimate of drug-likeness (QED) is 0.255. The lowest BCUT2D eigenvalue weighted by atomic mass is 9.97. The SMILES string of the molecule is CCCN(CCC)c1c(C)nc(-c2c(CC)cccc2CC)nc1OC1CCN(Cc2ccccc2)CC1. The van der Waals surface area contributed by atoms with Crippen molar-refractivity contribution < 1.29 is 4.74 Å². The Morgan fingerprint density at radius 1 is 0.842 bits per heavy atom. The monoisotopic (exact) mass is 514 g/mol. The number of likely N-dealkylation sites (tertiary alicyclic amines) is 1. The number of nitrogens with zero attached hydrogens (tertiary/aromatic N) is 4. The van der Waals surface area contributed by atoms with Gasteiger partial charge in [0.25, 0.3) is 0 Å². The molecule has 5 nitrogen and oxygen atoms in total. The molecule has 0 spiro atoms. The summed E-state index contributed by atoms with van der Waals surface area (Å²) in [5.74, 6) is 1.58. The van der Waals surface area contributed by atoms with Crippen molar-refractivity contribution in [1.29, 1.82) is 0 Å². The Balaban J connectivity index is 1.64. The number of ether oxygens (including phenoxy) is 1. The van der Waals surface area contributed by atoms with Crippen LogP contribution in [0.5, 0.6) is 5.88 Å². The Morgan fingerprint density at radius 3 is 2.05 bits per heavy atom. The maximum atomic E-state index is 6.83. The first-order valence-corrected chi connectivity index (χ1v) is 14.7. The van der Waals surface area contributed by atoms with Crippen LogP contribution in [0.1, 0.15) is 75.8 Å². The van der Waals surface area contributed by atoms with E-state index in [0.717, 1.165) is 94.3 Å². The molecule has 0 amide bonds. The van der Waals surface area contributed by atoms with Gasteiger partial charge in [0.15, 0.2) is 5.82 Å². The normalized spacial score (nSPS) is 14.6. The van der Waals surface area contributed by atoms with Crippen molar-refractivity contribution in [2.45, 2.75) is 85.8 Å². The number of aromatic nitrogens is 2. The number of rotatable bonds is 12. The minimum absolute atomic E-state index is 0.167. The predicted octanol–water partition coefficient (Wildman–Crippen LogP) is 7.25. The highest BCUT2D eigenvalue weighted by molar-refractivity contribution is 5.69. The van der Waals surface area contributed by atoms with Gasteiger partial charge in [0, 0.05) is 38.3 Å². The molecule has 2 heterocycles. The molecule has 1 aliphatic heterocycles. The summed E-state index contributed by atoms with van der Waals surface area (Å²) in [6.45, 7) is 16.1. The Hall–Kier alpha value is -2.92. The summed E-state index contributed by atoms with van der Waals surface area (Å²) in [6, 6.07) is 17.4. The molecule has 0 bridgehead atoms. The van der Waals surface area contributed by atoms with Crippen molar-refractivity contribution in [3.8, 4) is 17.3 Å². The van der Waals surface area contributed by atoms with Crippen LogP contribution < -0.4 is 9.64 Å². The van der Waals surface area contributed by atoms with Gasteiger partial charge in [0.05, 0.1) is 5.69 Å². The Labute approximate surface area is 230 Å². The van der Waals surface area contributed by atoms with Crippen molar-refractivity contribution in [2.24, 2.45) is 0 Å². The van der Waals surface area contributed by atoms with Gasteiger partial charge in [0.1, 0.15) is 11.8 Å². The number of piperidine rings is 1. The fraction of sp³-hybridized carbons (Fsp3) is 0.515. The van der Waals surface area contributed by atoms with Crippen molar-refractivity contribution in [2.75, 3.05) is 31.1 Å². The summed E-state index contributed by atoms with van der Waals surface area (Å²) < 4.78 is 6.83. The second-order valence-corrected chi connectivity index (χ2v) is 10.5. The molecule has 0 unspecified atom stereocenters. The molecule has 2 aromatic carbocycles. The molecule has 0 saturated carbocycles. The van der Waals surface area contributed by atoms with Crippen LogP contribution in [-0.2, 0) is 19.4 Å². The van der Waals surface area contributed by atoms with Gasteiger partial charge < -0.3 is 9.64 Å². The van der Waals surface area contributed by atoms with Crippen LogP contribution in [0, 0.1) is 6.92 Å². The van der Waals surface area contributed by atoms with Crippen molar-refractivity contribution >= 4 is 5.69 Å². The molecular weight excluding hydrogens is 468 g/mol. The predicted molar refractivity (Wildman–Crippen MR) is 159 cm³/mol. The molecule has 1 aromatic heterocycles. The van der Waals surface area contributed by atoms with E-state index in [-0.39, 0.29) is 6.10 Å². The molecule has 4 rings (SSSR count). The lowest BCUT2D eigenvalue weighted by Crippen LogP contribution is -2.38. The molecule has 0 radical (unpaired) electrons. The van der Waals surface area contributed by atoms with Gasteiger partial charge in [-0.05, 0) is 62.1 Å². The third-order valence-electron chi connectivity index (χ3n) is 7.61. The number of hydrogen-bond acceptors (Lipinski definition) is 5. The lowest BCUT2D eigenvalue weighted by Gasteiger charge is -2.33. The highest BCUT2D eigenvalue weighted by atomic mass is 16.5. The van der Waals surface area contributed by atoms with E-state index in [0.29, 0.717) is 0 Å². The molecule has 0 atom stereocenters. The third-order valence-corrected chi connectivity index (χ3v) is 7.61. The van der Waals surface area contributed by atoms with Gasteiger partial charge in [-0.25, -0.2) is 4.98 Å². The van der Waals surface area contributed by atoms with Crippen LogP contribution in [0.3, 0.4) is 0 Å². The fourth-order valence-corrected chi connectivity index (χ4v) is 5.69. The Morgan fingerprint density at radius 2 is 1.47 bits per heavy atom. The van der Waals surface area contributed by atoms with E-state index in [2.05, 4.69) is 92.9 Å². The number of aryl methyl sites for hydroxylation is 3. The molecule has 1 fully saturated rings. The molecule has 0 aliphatic carbocycles. The smallest absolute Gasteiger partial charge is 0.241 e. The standard InChI is InChI=1S/C33H46N4O/c1-6-20-37(21-7-2)31-25(5)34-32(30-27(8-3)16-13-17-28(30)9-4)35-33(31)38-29-18-22-36(23-19-29)24-26-14-11-10-12-15-26/h10-17,29H,6-9,18-24H2,1-5H3. The molecule has 3 aromatic rings. The first-order valence-electron chi connectivity index (χ1n) is 14.7. The number of anilines is 1. The first-order chi connectivity index (χ1) is 18.6. The summed E-state index contributed by atoms with van der Waals surface area (Å²) in [5, 5.41) is 0. The minimum Gasteiger partial charge on any atom is -0.473 e. The molecule has 1 aliphatic rings. The van der Waals surface area contributed by atoms with E-state index in [4.69, 9.17) is 14.7 Å². The van der Waals surface area contributed by atoms with Crippen LogP contribution in [-0.4, -0.2) is 47.2 Å². The van der Waals surface area contributed by atoms with Gasteiger partial charge in [-0.1, -0.05) is 76.2 Å². The van der Waals surface area contributed by atoms with E-state index in [1.54, 1.807) is 0 Å².